The first-order chi connectivity index (χ1) is 12.5. The van der Waals surface area contributed by atoms with Crippen molar-refractivity contribution in [3.63, 3.8) is 0 Å². The molecule has 6 heteroatoms. The molecule has 1 aromatic heterocycles. The number of hydrogen-bond acceptors (Lipinski definition) is 4. The number of benzene rings is 2. The minimum Gasteiger partial charge on any atom is -0.497 e. The molecule has 0 bridgehead atoms. The monoisotopic (exact) mass is 355 g/mol. The van der Waals surface area contributed by atoms with E-state index in [1.165, 1.54) is 0 Å². The molecule has 2 aromatic carbocycles. The van der Waals surface area contributed by atoms with E-state index in [1.807, 2.05) is 31.2 Å². The molecular formula is C20H21NO5. The number of aromatic amines is 1. The lowest BCUT2D eigenvalue weighted by molar-refractivity contribution is -0.136. The van der Waals surface area contributed by atoms with Gasteiger partial charge in [0.2, 0.25) is 0 Å². The van der Waals surface area contributed by atoms with Crippen molar-refractivity contribution in [2.24, 2.45) is 0 Å². The number of ether oxygens (including phenoxy) is 3. The Kier molecular flexibility index (Phi) is 4.75. The second kappa shape index (κ2) is 7.00. The lowest BCUT2D eigenvalue weighted by atomic mass is 10.0. The summed E-state index contributed by atoms with van der Waals surface area (Å²) in [5, 5.41) is 10.2. The highest BCUT2D eigenvalue weighted by atomic mass is 16.5. The Labute approximate surface area is 151 Å². The van der Waals surface area contributed by atoms with Gasteiger partial charge in [-0.1, -0.05) is 0 Å². The number of nitrogens with one attached hydrogen (secondary N) is 1. The minimum absolute atomic E-state index is 0.101. The predicted octanol–water partition coefficient (Wildman–Crippen LogP) is 3.80. The number of methoxy groups -OCH3 is 3. The van der Waals surface area contributed by atoms with Crippen molar-refractivity contribution >= 4 is 16.9 Å². The first-order valence-corrected chi connectivity index (χ1v) is 8.11. The van der Waals surface area contributed by atoms with Crippen LogP contribution < -0.4 is 14.2 Å². The SMILES string of the molecule is COc1cc(C)c2[nH]c(-c3ccc(OC)c(OC)c3)c(CC(=O)O)c2c1. The molecule has 3 rings (SSSR count). The van der Waals surface area contributed by atoms with Gasteiger partial charge in [0.05, 0.1) is 33.4 Å². The molecule has 0 fully saturated rings. The third-order valence-electron chi connectivity index (χ3n) is 4.42. The lowest BCUT2D eigenvalue weighted by Crippen LogP contribution is -2.01. The van der Waals surface area contributed by atoms with E-state index >= 15 is 0 Å². The molecular weight excluding hydrogens is 334 g/mol. The maximum Gasteiger partial charge on any atom is 0.307 e. The van der Waals surface area contributed by atoms with Gasteiger partial charge in [0, 0.05) is 16.5 Å². The van der Waals surface area contributed by atoms with Gasteiger partial charge in [-0.25, -0.2) is 0 Å². The Balaban J connectivity index is 2.28. The number of carboxylic acid groups (broad SMARTS) is 1. The summed E-state index contributed by atoms with van der Waals surface area (Å²) >= 11 is 0. The van der Waals surface area contributed by atoms with Crippen LogP contribution in [0.5, 0.6) is 17.2 Å². The summed E-state index contributed by atoms with van der Waals surface area (Å²) in [7, 11) is 4.74. The molecule has 0 saturated heterocycles. The third-order valence-corrected chi connectivity index (χ3v) is 4.42. The topological polar surface area (TPSA) is 80.8 Å². The van der Waals surface area contributed by atoms with Gasteiger partial charge in [0.15, 0.2) is 11.5 Å². The van der Waals surface area contributed by atoms with Crippen LogP contribution in [0.2, 0.25) is 0 Å². The van der Waals surface area contributed by atoms with Crippen LogP contribution in [0.15, 0.2) is 30.3 Å². The molecule has 2 N–H and O–H groups in total. The molecule has 1 heterocycles. The maximum atomic E-state index is 11.5. The zero-order chi connectivity index (χ0) is 18.8. The molecule has 136 valence electrons. The molecule has 0 amide bonds. The molecule has 3 aromatic rings. The van der Waals surface area contributed by atoms with Crippen LogP contribution in [0.25, 0.3) is 22.2 Å². The van der Waals surface area contributed by atoms with Crippen LogP contribution >= 0.6 is 0 Å². The van der Waals surface area contributed by atoms with Crippen molar-refractivity contribution in [3.8, 4) is 28.5 Å². The van der Waals surface area contributed by atoms with E-state index in [1.54, 1.807) is 27.4 Å². The number of aryl methyl sites for hydroxylation is 1. The molecule has 0 aliphatic heterocycles. The Bertz CT molecular complexity index is 974. The standard InChI is InChI=1S/C20H21NO5/c1-11-7-13(24-2)9-14-15(10-18(22)23)20(21-19(11)14)12-5-6-16(25-3)17(8-12)26-4/h5-9,21H,10H2,1-4H3,(H,22,23). The van der Waals surface area contributed by atoms with Gasteiger partial charge in [-0.15, -0.1) is 0 Å². The fourth-order valence-corrected chi connectivity index (χ4v) is 3.18. The summed E-state index contributed by atoms with van der Waals surface area (Å²) in [6.07, 6.45) is -0.101. The Morgan fingerprint density at radius 1 is 1.04 bits per heavy atom. The zero-order valence-corrected chi connectivity index (χ0v) is 15.2. The third kappa shape index (κ3) is 3.06. The summed E-state index contributed by atoms with van der Waals surface area (Å²) in [6, 6.07) is 9.30. The number of carboxylic acids is 1. The van der Waals surface area contributed by atoms with Crippen molar-refractivity contribution in [1.29, 1.82) is 0 Å². The van der Waals surface area contributed by atoms with Crippen LogP contribution in [-0.2, 0) is 11.2 Å². The van der Waals surface area contributed by atoms with Crippen molar-refractivity contribution in [3.05, 3.63) is 41.5 Å². The quantitative estimate of drug-likeness (QED) is 0.703. The fourth-order valence-electron chi connectivity index (χ4n) is 3.18. The molecule has 0 aliphatic carbocycles. The van der Waals surface area contributed by atoms with Crippen molar-refractivity contribution in [2.75, 3.05) is 21.3 Å². The van der Waals surface area contributed by atoms with Crippen molar-refractivity contribution < 1.29 is 24.1 Å². The summed E-state index contributed by atoms with van der Waals surface area (Å²) in [4.78, 5) is 14.8. The maximum absolute atomic E-state index is 11.5. The number of H-pyrrole nitrogens is 1. The Hall–Kier alpha value is -3.15. The van der Waals surface area contributed by atoms with Gasteiger partial charge in [0.25, 0.3) is 0 Å². The van der Waals surface area contributed by atoms with Crippen molar-refractivity contribution in [1.82, 2.24) is 4.98 Å². The van der Waals surface area contributed by atoms with Gasteiger partial charge in [-0.05, 0) is 48.4 Å². The van der Waals surface area contributed by atoms with E-state index in [0.29, 0.717) is 22.8 Å². The van der Waals surface area contributed by atoms with E-state index in [4.69, 9.17) is 14.2 Å². The van der Waals surface area contributed by atoms with Crippen LogP contribution in [-0.4, -0.2) is 37.4 Å². The second-order valence-corrected chi connectivity index (χ2v) is 5.99. The largest absolute Gasteiger partial charge is 0.497 e. The van der Waals surface area contributed by atoms with Gasteiger partial charge in [-0.3, -0.25) is 4.79 Å². The number of aromatic nitrogens is 1. The molecule has 0 saturated carbocycles. The van der Waals surface area contributed by atoms with Gasteiger partial charge >= 0.3 is 5.97 Å². The van der Waals surface area contributed by atoms with Crippen molar-refractivity contribution in [2.45, 2.75) is 13.3 Å². The highest BCUT2D eigenvalue weighted by Gasteiger charge is 2.19. The number of hydrogen-bond donors (Lipinski definition) is 2. The van der Waals surface area contributed by atoms with Crippen LogP contribution in [0, 0.1) is 6.92 Å². The fraction of sp³-hybridized carbons (Fsp3) is 0.250. The zero-order valence-electron chi connectivity index (χ0n) is 15.2. The molecule has 0 spiro atoms. The van der Waals surface area contributed by atoms with E-state index in [0.717, 1.165) is 27.7 Å². The molecule has 26 heavy (non-hydrogen) atoms. The highest BCUT2D eigenvalue weighted by molar-refractivity contribution is 5.96. The average Bonchev–Trinajstić information content (AvgIpc) is 2.99. The van der Waals surface area contributed by atoms with Crippen LogP contribution in [0.4, 0.5) is 0 Å². The van der Waals surface area contributed by atoms with Crippen LogP contribution in [0.3, 0.4) is 0 Å². The summed E-state index contributed by atoms with van der Waals surface area (Å²) < 4.78 is 16.0. The Morgan fingerprint density at radius 2 is 1.77 bits per heavy atom. The van der Waals surface area contributed by atoms with Gasteiger partial charge in [-0.2, -0.15) is 0 Å². The number of carbonyl (C=O) groups is 1. The average molecular weight is 355 g/mol. The van der Waals surface area contributed by atoms with E-state index < -0.39 is 5.97 Å². The highest BCUT2D eigenvalue weighted by Crippen LogP contribution is 2.38. The van der Waals surface area contributed by atoms with Crippen LogP contribution in [0.1, 0.15) is 11.1 Å². The molecule has 0 radical (unpaired) electrons. The number of rotatable bonds is 6. The number of fused-ring (bicyclic) bond motifs is 1. The summed E-state index contributed by atoms with van der Waals surface area (Å²) in [5.74, 6) is 0.997. The van der Waals surface area contributed by atoms with E-state index in [2.05, 4.69) is 4.98 Å². The molecule has 0 unspecified atom stereocenters. The smallest absolute Gasteiger partial charge is 0.307 e. The summed E-state index contributed by atoms with van der Waals surface area (Å²) in [6.45, 7) is 1.96. The Morgan fingerprint density at radius 3 is 2.38 bits per heavy atom. The molecule has 0 atom stereocenters. The molecule has 6 nitrogen and oxygen atoms in total. The first-order valence-electron chi connectivity index (χ1n) is 8.11. The molecule has 0 aliphatic rings. The predicted molar refractivity (Wildman–Crippen MR) is 99.5 cm³/mol. The normalized spacial score (nSPS) is 10.8. The number of aliphatic carboxylic acids is 1. The first kappa shape index (κ1) is 17.7. The summed E-state index contributed by atoms with van der Waals surface area (Å²) in [5.41, 5.74) is 4.17. The van der Waals surface area contributed by atoms with E-state index in [9.17, 15) is 9.90 Å². The van der Waals surface area contributed by atoms with E-state index in [-0.39, 0.29) is 6.42 Å². The van der Waals surface area contributed by atoms with Gasteiger partial charge < -0.3 is 24.3 Å². The minimum atomic E-state index is -0.895. The lowest BCUT2D eigenvalue weighted by Gasteiger charge is -2.10. The van der Waals surface area contributed by atoms with Gasteiger partial charge in [0.1, 0.15) is 5.75 Å². The second-order valence-electron chi connectivity index (χ2n) is 5.99.